The van der Waals surface area contributed by atoms with Crippen LogP contribution < -0.4 is 0 Å². The lowest BCUT2D eigenvalue weighted by molar-refractivity contribution is 0.135. The minimum Gasteiger partial charge on any atom is -0.386 e. The monoisotopic (exact) mass is 297 g/mol. The summed E-state index contributed by atoms with van der Waals surface area (Å²) in [7, 11) is 0. The van der Waals surface area contributed by atoms with Crippen LogP contribution in [0.25, 0.3) is 10.9 Å². The van der Waals surface area contributed by atoms with Crippen molar-refractivity contribution >= 4 is 10.9 Å². The fraction of sp³-hybridized carbons (Fsp3) is 0.500. The number of rotatable bonds is 5. The van der Waals surface area contributed by atoms with Crippen LogP contribution in [-0.4, -0.2) is 9.67 Å². The summed E-state index contributed by atoms with van der Waals surface area (Å²) in [5.41, 5.74) is 3.42. The maximum absolute atomic E-state index is 10.7. The Morgan fingerprint density at radius 3 is 2.73 bits per heavy atom. The fourth-order valence-electron chi connectivity index (χ4n) is 2.88. The second kappa shape index (κ2) is 7.51. The van der Waals surface area contributed by atoms with Gasteiger partial charge in [-0.2, -0.15) is 0 Å². The number of aliphatic hydroxyl groups is 1. The molecule has 0 fully saturated rings. The van der Waals surface area contributed by atoms with Crippen LogP contribution in [0, 0.1) is 24.7 Å². The quantitative estimate of drug-likeness (QED) is 0.620. The van der Waals surface area contributed by atoms with E-state index in [4.69, 9.17) is 0 Å². The van der Waals surface area contributed by atoms with E-state index < -0.39 is 6.10 Å². The van der Waals surface area contributed by atoms with E-state index in [2.05, 4.69) is 61.4 Å². The van der Waals surface area contributed by atoms with Crippen LogP contribution >= 0.6 is 0 Å². The normalized spacial score (nSPS) is 13.7. The highest BCUT2D eigenvalue weighted by atomic mass is 16.3. The Morgan fingerprint density at radius 1 is 1.27 bits per heavy atom. The first kappa shape index (κ1) is 16.6. The molecule has 1 aromatic carbocycles. The molecule has 2 unspecified atom stereocenters. The van der Waals surface area contributed by atoms with Gasteiger partial charge in [0.1, 0.15) is 6.10 Å². The number of hydrogen-bond acceptors (Lipinski definition) is 1. The third-order valence-corrected chi connectivity index (χ3v) is 4.27. The zero-order valence-electron chi connectivity index (χ0n) is 14.2. The topological polar surface area (TPSA) is 25.2 Å². The molecule has 2 rings (SSSR count). The van der Waals surface area contributed by atoms with Gasteiger partial charge in [0, 0.05) is 35.5 Å². The summed E-state index contributed by atoms with van der Waals surface area (Å²) < 4.78 is 2.21. The number of hydrogen-bond donors (Lipinski definition) is 1. The summed E-state index contributed by atoms with van der Waals surface area (Å²) in [6, 6.07) is 8.45. The SMILES string of the molecule is CCCCC#CC(C)C(O)c1cc2c(C)cccc2n1CC. The second-order valence-electron chi connectivity index (χ2n) is 5.98. The molecule has 0 amide bonds. The maximum atomic E-state index is 10.7. The molecule has 2 atom stereocenters. The van der Waals surface area contributed by atoms with Gasteiger partial charge < -0.3 is 9.67 Å². The molecule has 0 bridgehead atoms. The predicted octanol–water partition coefficient (Wildman–Crippen LogP) is 4.83. The summed E-state index contributed by atoms with van der Waals surface area (Å²) in [5.74, 6) is 6.36. The van der Waals surface area contributed by atoms with Crippen molar-refractivity contribution in [3.63, 3.8) is 0 Å². The van der Waals surface area contributed by atoms with Crippen LogP contribution in [-0.2, 0) is 6.54 Å². The number of aliphatic hydroxyl groups excluding tert-OH is 1. The Balaban J connectivity index is 2.32. The van der Waals surface area contributed by atoms with E-state index in [1.54, 1.807) is 0 Å². The molecule has 2 aromatic rings. The molecular weight excluding hydrogens is 270 g/mol. The first-order valence-electron chi connectivity index (χ1n) is 8.35. The number of aryl methyl sites for hydroxylation is 2. The first-order chi connectivity index (χ1) is 10.6. The molecule has 0 radical (unpaired) electrons. The van der Waals surface area contributed by atoms with Crippen LogP contribution in [0.4, 0.5) is 0 Å². The Kier molecular flexibility index (Phi) is 5.69. The van der Waals surface area contributed by atoms with Gasteiger partial charge in [-0.1, -0.05) is 31.4 Å². The molecule has 2 nitrogen and oxygen atoms in total. The summed E-state index contributed by atoms with van der Waals surface area (Å²) >= 11 is 0. The van der Waals surface area contributed by atoms with Crippen LogP contribution in [0.5, 0.6) is 0 Å². The standard InChI is InChI=1S/C20H27NO/c1-5-7-8-9-11-16(4)20(22)19-14-17-15(3)12-10-13-18(17)21(19)6-2/h10,12-14,16,20,22H,5-8H2,1-4H3. The molecule has 22 heavy (non-hydrogen) atoms. The highest BCUT2D eigenvalue weighted by Gasteiger charge is 2.20. The van der Waals surface area contributed by atoms with Crippen molar-refractivity contribution in [2.45, 2.75) is 59.6 Å². The van der Waals surface area contributed by atoms with Crippen molar-refractivity contribution in [3.8, 4) is 11.8 Å². The van der Waals surface area contributed by atoms with Crippen molar-refractivity contribution in [1.82, 2.24) is 4.57 Å². The lowest BCUT2D eigenvalue weighted by Crippen LogP contribution is -2.12. The third-order valence-electron chi connectivity index (χ3n) is 4.27. The predicted molar refractivity (Wildman–Crippen MR) is 93.8 cm³/mol. The first-order valence-corrected chi connectivity index (χ1v) is 8.35. The van der Waals surface area contributed by atoms with Crippen molar-refractivity contribution in [3.05, 3.63) is 35.5 Å². The van der Waals surface area contributed by atoms with Gasteiger partial charge in [-0.15, -0.1) is 5.92 Å². The van der Waals surface area contributed by atoms with Gasteiger partial charge >= 0.3 is 0 Å². The summed E-state index contributed by atoms with van der Waals surface area (Å²) in [6.07, 6.45) is 2.67. The fourth-order valence-corrected chi connectivity index (χ4v) is 2.88. The van der Waals surface area contributed by atoms with Crippen molar-refractivity contribution < 1.29 is 5.11 Å². The van der Waals surface area contributed by atoms with Crippen LogP contribution in [0.1, 0.15) is 57.4 Å². The Bertz CT molecular complexity index is 687. The van der Waals surface area contributed by atoms with Crippen molar-refractivity contribution in [2.75, 3.05) is 0 Å². The van der Waals surface area contributed by atoms with Gasteiger partial charge in [-0.3, -0.25) is 0 Å². The van der Waals surface area contributed by atoms with E-state index in [-0.39, 0.29) is 5.92 Å². The maximum Gasteiger partial charge on any atom is 0.107 e. The molecule has 0 aliphatic rings. The highest BCUT2D eigenvalue weighted by Crippen LogP contribution is 2.30. The number of fused-ring (bicyclic) bond motifs is 1. The summed E-state index contributed by atoms with van der Waals surface area (Å²) in [6.45, 7) is 9.27. The van der Waals surface area contributed by atoms with E-state index >= 15 is 0 Å². The summed E-state index contributed by atoms with van der Waals surface area (Å²) in [4.78, 5) is 0. The van der Waals surface area contributed by atoms with Gasteiger partial charge in [0.2, 0.25) is 0 Å². The van der Waals surface area contributed by atoms with Crippen LogP contribution in [0.3, 0.4) is 0 Å². The van der Waals surface area contributed by atoms with Gasteiger partial charge in [-0.25, -0.2) is 0 Å². The lowest BCUT2D eigenvalue weighted by Gasteiger charge is -2.17. The van der Waals surface area contributed by atoms with Crippen molar-refractivity contribution in [2.24, 2.45) is 5.92 Å². The Hall–Kier alpha value is -1.72. The smallest absolute Gasteiger partial charge is 0.107 e. The Morgan fingerprint density at radius 2 is 2.05 bits per heavy atom. The van der Waals surface area contributed by atoms with E-state index in [0.717, 1.165) is 31.5 Å². The molecule has 1 N–H and O–H groups in total. The lowest BCUT2D eigenvalue weighted by atomic mass is 10.0. The zero-order chi connectivity index (χ0) is 16.1. The molecule has 1 aromatic heterocycles. The molecular formula is C20H27NO. The van der Waals surface area contributed by atoms with Crippen LogP contribution in [0.2, 0.25) is 0 Å². The van der Waals surface area contributed by atoms with E-state index in [1.807, 2.05) is 6.92 Å². The van der Waals surface area contributed by atoms with Gasteiger partial charge in [0.25, 0.3) is 0 Å². The molecule has 0 saturated heterocycles. The van der Waals surface area contributed by atoms with Gasteiger partial charge in [0.15, 0.2) is 0 Å². The Labute approximate surface area is 134 Å². The zero-order valence-corrected chi connectivity index (χ0v) is 14.2. The second-order valence-corrected chi connectivity index (χ2v) is 5.98. The molecule has 0 aliphatic heterocycles. The molecule has 2 heteroatoms. The van der Waals surface area contributed by atoms with Gasteiger partial charge in [0.05, 0.1) is 0 Å². The molecule has 0 spiro atoms. The van der Waals surface area contributed by atoms with E-state index in [1.165, 1.54) is 16.5 Å². The molecule has 0 saturated carbocycles. The molecule has 0 aliphatic carbocycles. The average molecular weight is 297 g/mol. The number of benzene rings is 1. The van der Waals surface area contributed by atoms with Crippen LogP contribution in [0.15, 0.2) is 24.3 Å². The van der Waals surface area contributed by atoms with Gasteiger partial charge in [-0.05, 0) is 44.9 Å². The summed E-state index contributed by atoms with van der Waals surface area (Å²) in [5, 5.41) is 12.0. The molecule has 118 valence electrons. The van der Waals surface area contributed by atoms with E-state index in [9.17, 15) is 5.11 Å². The van der Waals surface area contributed by atoms with E-state index in [0.29, 0.717) is 0 Å². The highest BCUT2D eigenvalue weighted by molar-refractivity contribution is 5.84. The minimum absolute atomic E-state index is 0.0493. The number of nitrogens with zero attached hydrogens (tertiary/aromatic N) is 1. The third kappa shape index (κ3) is 3.36. The number of aromatic nitrogens is 1. The largest absolute Gasteiger partial charge is 0.386 e. The molecule has 1 heterocycles. The van der Waals surface area contributed by atoms with Crippen molar-refractivity contribution in [1.29, 1.82) is 0 Å². The number of unbranched alkanes of at least 4 members (excludes halogenated alkanes) is 2. The minimum atomic E-state index is -0.541. The average Bonchev–Trinajstić information content (AvgIpc) is 2.90.